The van der Waals surface area contributed by atoms with E-state index in [0.29, 0.717) is 0 Å². The van der Waals surface area contributed by atoms with E-state index in [1.807, 2.05) is 37.3 Å². The molecule has 1 rings (SSSR count). The van der Waals surface area contributed by atoms with Gasteiger partial charge in [-0.15, -0.1) is 0 Å². The van der Waals surface area contributed by atoms with Crippen LogP contribution in [0.2, 0.25) is 0 Å². The van der Waals surface area contributed by atoms with E-state index in [1.54, 1.807) is 0 Å². The van der Waals surface area contributed by atoms with Gasteiger partial charge in [0.1, 0.15) is 0 Å². The maximum atomic E-state index is 11.8. The summed E-state index contributed by atoms with van der Waals surface area (Å²) in [6, 6.07) is 9.45. The van der Waals surface area contributed by atoms with Gasteiger partial charge in [0.25, 0.3) is 0 Å². The molecule has 0 amide bonds. The molecule has 0 radical (unpaired) electrons. The van der Waals surface area contributed by atoms with Crippen molar-refractivity contribution in [3.63, 3.8) is 0 Å². The van der Waals surface area contributed by atoms with Crippen molar-refractivity contribution in [2.75, 3.05) is 5.33 Å². The normalized spacial score (nSPS) is 12.5. The number of ketones is 1. The zero-order valence-electron chi connectivity index (χ0n) is 7.66. The number of hydrogen-bond acceptors (Lipinski definition) is 1. The summed E-state index contributed by atoms with van der Waals surface area (Å²) in [6.45, 7) is 2.03. The summed E-state index contributed by atoms with van der Waals surface area (Å²) in [7, 11) is 0. The summed E-state index contributed by atoms with van der Waals surface area (Å²) < 4.78 is 0. The molecule has 70 valence electrons. The SMILES string of the molecule is CC[C@H](CBr)C(=O)c1ccccc1. The quantitative estimate of drug-likeness (QED) is 0.584. The molecule has 0 aliphatic carbocycles. The van der Waals surface area contributed by atoms with Crippen molar-refractivity contribution in [2.45, 2.75) is 13.3 Å². The Bertz CT molecular complexity index is 265. The van der Waals surface area contributed by atoms with Gasteiger partial charge in [-0.1, -0.05) is 53.2 Å². The Balaban J connectivity index is 2.78. The number of rotatable bonds is 4. The first-order chi connectivity index (χ1) is 6.29. The van der Waals surface area contributed by atoms with Crippen molar-refractivity contribution in [3.05, 3.63) is 35.9 Å². The van der Waals surface area contributed by atoms with Gasteiger partial charge in [0.05, 0.1) is 0 Å². The van der Waals surface area contributed by atoms with Gasteiger partial charge in [0.2, 0.25) is 0 Å². The number of Topliss-reactive ketones (excluding diaryl/α,β-unsaturated/α-hetero) is 1. The Labute approximate surface area is 87.3 Å². The Kier molecular flexibility index (Phi) is 4.16. The molecule has 1 aromatic rings. The highest BCUT2D eigenvalue weighted by atomic mass is 79.9. The average Bonchev–Trinajstić information content (AvgIpc) is 2.21. The predicted molar refractivity (Wildman–Crippen MR) is 58.3 cm³/mol. The number of benzene rings is 1. The number of carbonyl (C=O) groups is 1. The molecule has 1 nitrogen and oxygen atoms in total. The Morgan fingerprint density at radius 1 is 1.38 bits per heavy atom. The largest absolute Gasteiger partial charge is 0.294 e. The van der Waals surface area contributed by atoms with Crippen LogP contribution in [0, 0.1) is 5.92 Å². The minimum Gasteiger partial charge on any atom is -0.294 e. The second kappa shape index (κ2) is 5.18. The molecule has 0 unspecified atom stereocenters. The van der Waals surface area contributed by atoms with Crippen LogP contribution in [0.25, 0.3) is 0 Å². The minimum atomic E-state index is 0.113. The van der Waals surface area contributed by atoms with Crippen molar-refractivity contribution < 1.29 is 4.79 Å². The van der Waals surface area contributed by atoms with Crippen LogP contribution in [0.5, 0.6) is 0 Å². The molecule has 1 atom stereocenters. The van der Waals surface area contributed by atoms with E-state index in [1.165, 1.54) is 0 Å². The van der Waals surface area contributed by atoms with Crippen LogP contribution < -0.4 is 0 Å². The fraction of sp³-hybridized carbons (Fsp3) is 0.364. The van der Waals surface area contributed by atoms with E-state index in [2.05, 4.69) is 15.9 Å². The van der Waals surface area contributed by atoms with Crippen LogP contribution in [0.4, 0.5) is 0 Å². The molecule has 0 saturated carbocycles. The van der Waals surface area contributed by atoms with Gasteiger partial charge in [-0.25, -0.2) is 0 Å². The van der Waals surface area contributed by atoms with Gasteiger partial charge < -0.3 is 0 Å². The summed E-state index contributed by atoms with van der Waals surface area (Å²) in [5, 5.41) is 0.747. The molecule has 2 heteroatoms. The highest BCUT2D eigenvalue weighted by Crippen LogP contribution is 2.14. The number of hydrogen-bond donors (Lipinski definition) is 0. The van der Waals surface area contributed by atoms with Gasteiger partial charge in [0.15, 0.2) is 5.78 Å². The highest BCUT2D eigenvalue weighted by molar-refractivity contribution is 9.09. The van der Waals surface area contributed by atoms with Crippen LogP contribution in [0.15, 0.2) is 30.3 Å². The summed E-state index contributed by atoms with van der Waals surface area (Å²) in [6.07, 6.45) is 0.888. The summed E-state index contributed by atoms with van der Waals surface area (Å²) >= 11 is 3.35. The summed E-state index contributed by atoms with van der Waals surface area (Å²) in [5.74, 6) is 0.349. The summed E-state index contributed by atoms with van der Waals surface area (Å²) in [4.78, 5) is 11.8. The van der Waals surface area contributed by atoms with Crippen LogP contribution in [-0.2, 0) is 0 Å². The second-order valence-corrected chi connectivity index (χ2v) is 3.64. The van der Waals surface area contributed by atoms with E-state index < -0.39 is 0 Å². The van der Waals surface area contributed by atoms with Crippen molar-refractivity contribution >= 4 is 21.7 Å². The molecule has 0 saturated heterocycles. The van der Waals surface area contributed by atoms with Crippen molar-refractivity contribution in [1.82, 2.24) is 0 Å². The smallest absolute Gasteiger partial charge is 0.166 e. The fourth-order valence-electron chi connectivity index (χ4n) is 1.20. The Morgan fingerprint density at radius 3 is 2.46 bits per heavy atom. The molecule has 0 aliphatic heterocycles. The highest BCUT2D eigenvalue weighted by Gasteiger charge is 2.15. The maximum absolute atomic E-state index is 11.8. The van der Waals surface area contributed by atoms with Crippen LogP contribution >= 0.6 is 15.9 Å². The first kappa shape index (κ1) is 10.5. The third-order valence-corrected chi connectivity index (χ3v) is 2.89. The Morgan fingerprint density at radius 2 is 2.00 bits per heavy atom. The van der Waals surface area contributed by atoms with Crippen molar-refractivity contribution in [1.29, 1.82) is 0 Å². The lowest BCUT2D eigenvalue weighted by Crippen LogP contribution is -2.14. The van der Waals surface area contributed by atoms with Gasteiger partial charge in [0, 0.05) is 16.8 Å². The molecule has 0 N–H and O–H groups in total. The van der Waals surface area contributed by atoms with Crippen molar-refractivity contribution in [2.24, 2.45) is 5.92 Å². The number of alkyl halides is 1. The van der Waals surface area contributed by atoms with Crippen molar-refractivity contribution in [3.8, 4) is 0 Å². The third kappa shape index (κ3) is 2.66. The zero-order chi connectivity index (χ0) is 9.68. The van der Waals surface area contributed by atoms with Gasteiger partial charge >= 0.3 is 0 Å². The lowest BCUT2D eigenvalue weighted by atomic mass is 9.97. The molecule has 0 fully saturated rings. The molecule has 0 heterocycles. The maximum Gasteiger partial charge on any atom is 0.166 e. The lowest BCUT2D eigenvalue weighted by Gasteiger charge is -2.09. The molecule has 13 heavy (non-hydrogen) atoms. The van der Waals surface area contributed by atoms with Gasteiger partial charge in [-0.2, -0.15) is 0 Å². The Hall–Kier alpha value is -0.630. The van der Waals surface area contributed by atoms with Crippen LogP contribution in [-0.4, -0.2) is 11.1 Å². The molecule has 0 aromatic heterocycles. The molecular weight excluding hydrogens is 228 g/mol. The van der Waals surface area contributed by atoms with Crippen LogP contribution in [0.3, 0.4) is 0 Å². The van der Waals surface area contributed by atoms with E-state index in [-0.39, 0.29) is 11.7 Å². The first-order valence-corrected chi connectivity index (χ1v) is 5.57. The fourth-order valence-corrected chi connectivity index (χ4v) is 1.95. The molecule has 1 aromatic carbocycles. The molecular formula is C11H13BrO. The number of halogens is 1. The third-order valence-electron chi connectivity index (χ3n) is 2.11. The van der Waals surface area contributed by atoms with Gasteiger partial charge in [-0.05, 0) is 6.42 Å². The first-order valence-electron chi connectivity index (χ1n) is 4.44. The molecule has 0 spiro atoms. The second-order valence-electron chi connectivity index (χ2n) is 2.99. The van der Waals surface area contributed by atoms with Crippen LogP contribution in [0.1, 0.15) is 23.7 Å². The predicted octanol–water partition coefficient (Wildman–Crippen LogP) is 3.29. The van der Waals surface area contributed by atoms with E-state index >= 15 is 0 Å². The monoisotopic (exact) mass is 240 g/mol. The molecule has 0 aliphatic rings. The van der Waals surface area contributed by atoms with E-state index in [0.717, 1.165) is 17.3 Å². The number of carbonyl (C=O) groups excluding carboxylic acids is 1. The summed E-state index contributed by atoms with van der Waals surface area (Å²) in [5.41, 5.74) is 0.814. The van der Waals surface area contributed by atoms with E-state index in [9.17, 15) is 4.79 Å². The minimum absolute atomic E-state index is 0.113. The zero-order valence-corrected chi connectivity index (χ0v) is 9.25. The standard InChI is InChI=1S/C11H13BrO/c1-2-9(8-12)11(13)10-6-4-3-5-7-10/h3-7,9H,2,8H2,1H3/t9-/m1/s1. The average molecular weight is 241 g/mol. The topological polar surface area (TPSA) is 17.1 Å². The van der Waals surface area contributed by atoms with Gasteiger partial charge in [-0.3, -0.25) is 4.79 Å². The lowest BCUT2D eigenvalue weighted by molar-refractivity contribution is 0.0931. The molecule has 0 bridgehead atoms. The van der Waals surface area contributed by atoms with E-state index in [4.69, 9.17) is 0 Å².